The minimum atomic E-state index is -1.22. The van der Waals surface area contributed by atoms with E-state index in [0.717, 1.165) is 5.56 Å². The van der Waals surface area contributed by atoms with E-state index in [9.17, 15) is 9.90 Å². The maximum atomic E-state index is 11.0. The number of phenols is 1. The Bertz CT molecular complexity index is 1210. The summed E-state index contributed by atoms with van der Waals surface area (Å²) in [5.74, 6) is 5.59. The van der Waals surface area contributed by atoms with Gasteiger partial charge in [0.15, 0.2) is 11.5 Å². The van der Waals surface area contributed by atoms with Crippen LogP contribution < -0.4 is 20.9 Å². The number of rotatable bonds is 5. The highest BCUT2D eigenvalue weighted by Gasteiger charge is 2.14. The number of aromatic carboxylic acids is 1. The highest BCUT2D eigenvalue weighted by molar-refractivity contribution is 5.90. The van der Waals surface area contributed by atoms with Crippen molar-refractivity contribution in [3.05, 3.63) is 64.3 Å². The van der Waals surface area contributed by atoms with Crippen molar-refractivity contribution in [2.45, 2.75) is 6.42 Å². The van der Waals surface area contributed by atoms with Gasteiger partial charge in [-0.05, 0) is 35.9 Å². The Morgan fingerprint density at radius 3 is 2.52 bits per heavy atom. The summed E-state index contributed by atoms with van der Waals surface area (Å²) >= 11 is 0. The van der Waals surface area contributed by atoms with Crippen LogP contribution in [0, 0.1) is 11.8 Å². The Labute approximate surface area is 178 Å². The fourth-order valence-electron chi connectivity index (χ4n) is 2.94. The van der Waals surface area contributed by atoms with E-state index in [-0.39, 0.29) is 23.1 Å². The Hall–Kier alpha value is -4.45. The molecule has 0 saturated heterocycles. The van der Waals surface area contributed by atoms with Gasteiger partial charge in [0.1, 0.15) is 17.1 Å². The number of aromatic hydroxyl groups is 1. The molecule has 6 N–H and O–H groups in total. The van der Waals surface area contributed by atoms with Crippen molar-refractivity contribution in [3.63, 3.8) is 0 Å². The quantitative estimate of drug-likeness (QED) is 0.454. The summed E-state index contributed by atoms with van der Waals surface area (Å²) in [6, 6.07) is 7.70. The SMILES string of the molecule is COc1cc(Cc2cnc(N)nc2N)cc(C#Cc2ccc(C(=O)O)c(O)c2)c1OC. The van der Waals surface area contributed by atoms with Gasteiger partial charge in [0.25, 0.3) is 0 Å². The number of aromatic nitrogens is 2. The summed E-state index contributed by atoms with van der Waals surface area (Å²) in [6.07, 6.45) is 1.97. The molecule has 0 amide bonds. The summed E-state index contributed by atoms with van der Waals surface area (Å²) in [6.45, 7) is 0. The fourth-order valence-corrected chi connectivity index (χ4v) is 2.94. The average molecular weight is 420 g/mol. The van der Waals surface area contributed by atoms with Gasteiger partial charge in [0.2, 0.25) is 5.95 Å². The maximum Gasteiger partial charge on any atom is 0.339 e. The number of carboxylic acids is 1. The Balaban J connectivity index is 2.02. The number of anilines is 2. The van der Waals surface area contributed by atoms with Crippen LogP contribution in [-0.2, 0) is 6.42 Å². The van der Waals surface area contributed by atoms with Gasteiger partial charge in [-0.15, -0.1) is 0 Å². The molecule has 0 aliphatic rings. The molecule has 0 aliphatic carbocycles. The van der Waals surface area contributed by atoms with Gasteiger partial charge in [0.05, 0.1) is 19.8 Å². The normalized spacial score (nSPS) is 10.1. The van der Waals surface area contributed by atoms with Crippen molar-refractivity contribution < 1.29 is 24.5 Å². The third-order valence-electron chi connectivity index (χ3n) is 4.42. The smallest absolute Gasteiger partial charge is 0.339 e. The van der Waals surface area contributed by atoms with Crippen molar-refractivity contribution in [2.75, 3.05) is 25.7 Å². The van der Waals surface area contributed by atoms with E-state index >= 15 is 0 Å². The van der Waals surface area contributed by atoms with Crippen LogP contribution in [0.2, 0.25) is 0 Å². The molecule has 2 aromatic carbocycles. The van der Waals surface area contributed by atoms with Crippen LogP contribution in [0.25, 0.3) is 0 Å². The second-order valence-electron chi connectivity index (χ2n) is 6.48. The molecule has 0 fully saturated rings. The molecule has 0 bridgehead atoms. The molecule has 0 spiro atoms. The van der Waals surface area contributed by atoms with Crippen LogP contribution in [0.5, 0.6) is 17.2 Å². The van der Waals surface area contributed by atoms with E-state index in [1.165, 1.54) is 32.4 Å². The number of carboxylic acid groups (broad SMARTS) is 1. The van der Waals surface area contributed by atoms with Crippen LogP contribution in [0.1, 0.15) is 32.6 Å². The van der Waals surface area contributed by atoms with Gasteiger partial charge in [-0.3, -0.25) is 0 Å². The minimum Gasteiger partial charge on any atom is -0.507 e. The number of nitrogens with zero attached hydrogens (tertiary/aromatic N) is 2. The number of ether oxygens (including phenoxy) is 2. The first kappa shape index (κ1) is 21.3. The third-order valence-corrected chi connectivity index (χ3v) is 4.42. The molecular formula is C22H20N4O5. The Morgan fingerprint density at radius 1 is 1.13 bits per heavy atom. The van der Waals surface area contributed by atoms with E-state index in [4.69, 9.17) is 26.0 Å². The van der Waals surface area contributed by atoms with Crippen LogP contribution in [0.3, 0.4) is 0 Å². The molecule has 3 rings (SSSR count). The molecule has 0 unspecified atom stereocenters. The first-order valence-electron chi connectivity index (χ1n) is 9.02. The molecule has 9 nitrogen and oxygen atoms in total. The van der Waals surface area contributed by atoms with Crippen LogP contribution in [0.4, 0.5) is 11.8 Å². The lowest BCUT2D eigenvalue weighted by Crippen LogP contribution is -2.04. The van der Waals surface area contributed by atoms with Crippen molar-refractivity contribution in [3.8, 4) is 29.1 Å². The average Bonchev–Trinajstić information content (AvgIpc) is 2.73. The van der Waals surface area contributed by atoms with E-state index in [0.29, 0.717) is 34.6 Å². The number of benzene rings is 2. The van der Waals surface area contributed by atoms with Gasteiger partial charge in [-0.1, -0.05) is 11.8 Å². The molecule has 158 valence electrons. The standard InChI is InChI=1S/C22H20N4O5/c1-30-18-10-13(8-15-11-25-22(24)26-20(15)23)7-14(19(18)31-2)5-3-12-4-6-16(21(28)29)17(27)9-12/h4,6-7,9-11,27H,8H2,1-2H3,(H,28,29)(H4,23,24,25,26). The van der Waals surface area contributed by atoms with Gasteiger partial charge in [-0.2, -0.15) is 4.98 Å². The second-order valence-corrected chi connectivity index (χ2v) is 6.48. The van der Waals surface area contributed by atoms with Crippen molar-refractivity contribution >= 4 is 17.7 Å². The highest BCUT2D eigenvalue weighted by Crippen LogP contribution is 2.33. The number of nitrogens with two attached hydrogens (primary N) is 2. The molecule has 1 heterocycles. The van der Waals surface area contributed by atoms with E-state index < -0.39 is 5.97 Å². The van der Waals surface area contributed by atoms with Crippen molar-refractivity contribution in [1.82, 2.24) is 9.97 Å². The predicted octanol–water partition coefficient (Wildman–Crippen LogP) is 2.05. The van der Waals surface area contributed by atoms with Crippen LogP contribution >= 0.6 is 0 Å². The van der Waals surface area contributed by atoms with Gasteiger partial charge in [0, 0.05) is 23.7 Å². The summed E-state index contributed by atoms with van der Waals surface area (Å²) in [5, 5.41) is 18.9. The zero-order chi connectivity index (χ0) is 22.5. The molecule has 0 radical (unpaired) electrons. The highest BCUT2D eigenvalue weighted by atomic mass is 16.5. The topological polar surface area (TPSA) is 154 Å². The van der Waals surface area contributed by atoms with Gasteiger partial charge < -0.3 is 31.2 Å². The fraction of sp³-hybridized carbons (Fsp3) is 0.136. The van der Waals surface area contributed by atoms with Gasteiger partial charge in [-0.25, -0.2) is 9.78 Å². The number of carbonyl (C=O) groups is 1. The maximum absolute atomic E-state index is 11.0. The summed E-state index contributed by atoms with van der Waals surface area (Å²) < 4.78 is 10.9. The lowest BCUT2D eigenvalue weighted by molar-refractivity contribution is 0.0693. The van der Waals surface area contributed by atoms with E-state index in [1.54, 1.807) is 12.3 Å². The molecular weight excluding hydrogens is 400 g/mol. The summed E-state index contributed by atoms with van der Waals surface area (Å²) in [4.78, 5) is 19.0. The summed E-state index contributed by atoms with van der Waals surface area (Å²) in [7, 11) is 3.02. The third kappa shape index (κ3) is 4.76. The lowest BCUT2D eigenvalue weighted by atomic mass is 10.0. The largest absolute Gasteiger partial charge is 0.507 e. The molecule has 0 saturated carbocycles. The summed E-state index contributed by atoms with van der Waals surface area (Å²) in [5.41, 5.74) is 13.8. The second kappa shape index (κ2) is 8.92. The first-order chi connectivity index (χ1) is 14.8. The molecule has 9 heteroatoms. The monoisotopic (exact) mass is 420 g/mol. The molecule has 3 aromatic rings. The molecule has 31 heavy (non-hydrogen) atoms. The molecule has 0 atom stereocenters. The Morgan fingerprint density at radius 2 is 1.90 bits per heavy atom. The number of methoxy groups -OCH3 is 2. The van der Waals surface area contributed by atoms with Crippen molar-refractivity contribution in [2.24, 2.45) is 0 Å². The van der Waals surface area contributed by atoms with Crippen LogP contribution in [0.15, 0.2) is 36.5 Å². The zero-order valence-electron chi connectivity index (χ0n) is 16.8. The van der Waals surface area contributed by atoms with Crippen molar-refractivity contribution in [1.29, 1.82) is 0 Å². The zero-order valence-corrected chi connectivity index (χ0v) is 16.8. The first-order valence-corrected chi connectivity index (χ1v) is 9.02. The van der Waals surface area contributed by atoms with E-state index in [1.807, 2.05) is 6.07 Å². The Kier molecular flexibility index (Phi) is 6.12. The minimum absolute atomic E-state index is 0.0947. The molecule has 1 aromatic heterocycles. The number of nitrogen functional groups attached to an aromatic ring is 2. The van der Waals surface area contributed by atoms with Gasteiger partial charge >= 0.3 is 5.97 Å². The van der Waals surface area contributed by atoms with Crippen LogP contribution in [-0.4, -0.2) is 40.4 Å². The molecule has 0 aliphatic heterocycles. The predicted molar refractivity (Wildman–Crippen MR) is 114 cm³/mol. The number of hydrogen-bond donors (Lipinski definition) is 4. The lowest BCUT2D eigenvalue weighted by Gasteiger charge is -2.13. The number of hydrogen-bond acceptors (Lipinski definition) is 8. The van der Waals surface area contributed by atoms with E-state index in [2.05, 4.69) is 21.8 Å².